The Bertz CT molecular complexity index is 554. The van der Waals surface area contributed by atoms with Gasteiger partial charge in [0.1, 0.15) is 0 Å². The Morgan fingerprint density at radius 1 is 0.758 bits per heavy atom. The molecule has 0 aromatic carbocycles. The van der Waals surface area contributed by atoms with E-state index in [0.29, 0.717) is 0 Å². The molecule has 0 aromatic rings. The van der Waals surface area contributed by atoms with Gasteiger partial charge in [-0.15, -0.1) is 0 Å². The predicted molar refractivity (Wildman–Crippen MR) is 151 cm³/mol. The summed E-state index contributed by atoms with van der Waals surface area (Å²) in [4.78, 5) is 0. The summed E-state index contributed by atoms with van der Waals surface area (Å²) in [6.07, 6.45) is 17.2. The molecular formula is C29H56Cl2SiZr. The SMILES string of the molecule is CC(C)CC(C)C1CC([Si](C)(C)C2CC(C)C3CCCCC32)C2CCCCC12.[CH3-].[CH3-].[Cl][Zr+2][Cl]. The average Bonchev–Trinajstić information content (AvgIpc) is 3.28. The Labute approximate surface area is 229 Å². The van der Waals surface area contributed by atoms with Gasteiger partial charge in [-0.25, -0.2) is 0 Å². The van der Waals surface area contributed by atoms with Crippen molar-refractivity contribution in [3.05, 3.63) is 14.9 Å². The van der Waals surface area contributed by atoms with Crippen molar-refractivity contribution >= 4 is 25.1 Å². The fourth-order valence-corrected chi connectivity index (χ4v) is 15.0. The van der Waals surface area contributed by atoms with Crippen molar-refractivity contribution in [2.75, 3.05) is 0 Å². The van der Waals surface area contributed by atoms with Gasteiger partial charge in [0.15, 0.2) is 0 Å². The van der Waals surface area contributed by atoms with E-state index >= 15 is 0 Å². The zero-order chi connectivity index (χ0) is 22.8. The van der Waals surface area contributed by atoms with Crippen LogP contribution in [0.25, 0.3) is 0 Å². The standard InChI is InChI=1S/C27H50Si.2CH3.2ClH.Zr/c1-18(2)15-19(3)25-17-27(24-14-10-8-12-22(24)25)28(5,6)26-16-20(4)21-11-7-9-13-23(21)26;;;;;/h18-27H,7-17H2,1-6H3;2*1H3;2*1H;/q;2*-1;;;+4/p-2. The predicted octanol–water partition coefficient (Wildman–Crippen LogP) is 11.1. The molecule has 194 valence electrons. The Morgan fingerprint density at radius 3 is 1.70 bits per heavy atom. The van der Waals surface area contributed by atoms with Crippen molar-refractivity contribution in [2.24, 2.45) is 47.3 Å². The van der Waals surface area contributed by atoms with Crippen LogP contribution in [-0.4, -0.2) is 8.07 Å². The molecule has 0 aliphatic heterocycles. The summed E-state index contributed by atoms with van der Waals surface area (Å²) in [7, 11) is 8.64. The van der Waals surface area contributed by atoms with Gasteiger partial charge in [-0.3, -0.25) is 0 Å². The van der Waals surface area contributed by atoms with Crippen molar-refractivity contribution in [3.8, 4) is 0 Å². The monoisotopic (exact) mass is 592 g/mol. The summed E-state index contributed by atoms with van der Waals surface area (Å²) in [5, 5.41) is 0. The number of hydrogen-bond donors (Lipinski definition) is 0. The van der Waals surface area contributed by atoms with Gasteiger partial charge >= 0.3 is 37.9 Å². The fraction of sp³-hybridized carbons (Fsp3) is 0.931. The minimum absolute atomic E-state index is 0. The van der Waals surface area contributed by atoms with Gasteiger partial charge in [-0.05, 0) is 90.5 Å². The van der Waals surface area contributed by atoms with E-state index in [1.54, 1.807) is 51.4 Å². The van der Waals surface area contributed by atoms with Crippen LogP contribution in [0.5, 0.6) is 0 Å². The molecule has 0 saturated heterocycles. The molecule has 4 aliphatic rings. The first-order valence-electron chi connectivity index (χ1n) is 13.7. The Hall–Kier alpha value is 1.68. The summed E-state index contributed by atoms with van der Waals surface area (Å²) < 4.78 is 0. The van der Waals surface area contributed by atoms with Crippen LogP contribution < -0.4 is 0 Å². The van der Waals surface area contributed by atoms with Crippen LogP contribution in [-0.2, 0) is 20.8 Å². The minimum atomic E-state index is -1.22. The average molecular weight is 595 g/mol. The second-order valence-corrected chi connectivity index (χ2v) is 21.9. The number of fused-ring (bicyclic) bond motifs is 2. The van der Waals surface area contributed by atoms with Crippen molar-refractivity contribution in [3.63, 3.8) is 0 Å². The van der Waals surface area contributed by atoms with Gasteiger partial charge in [0.25, 0.3) is 0 Å². The normalized spacial score (nSPS) is 38.6. The third kappa shape index (κ3) is 7.38. The van der Waals surface area contributed by atoms with Crippen molar-refractivity contribution in [2.45, 2.75) is 123 Å². The molecular weight excluding hydrogens is 539 g/mol. The van der Waals surface area contributed by atoms with Crippen LogP contribution in [0.1, 0.15) is 98.3 Å². The molecule has 33 heavy (non-hydrogen) atoms. The van der Waals surface area contributed by atoms with Gasteiger partial charge in [0.2, 0.25) is 0 Å². The molecule has 4 saturated carbocycles. The van der Waals surface area contributed by atoms with Crippen molar-refractivity contribution < 1.29 is 20.8 Å². The molecule has 4 fully saturated rings. The molecule has 4 heteroatoms. The molecule has 9 atom stereocenters. The van der Waals surface area contributed by atoms with Crippen LogP contribution in [0.15, 0.2) is 0 Å². The summed E-state index contributed by atoms with van der Waals surface area (Å²) in [6.45, 7) is 15.9. The molecule has 9 unspecified atom stereocenters. The van der Waals surface area contributed by atoms with Gasteiger partial charge in [0.05, 0.1) is 8.07 Å². The summed E-state index contributed by atoms with van der Waals surface area (Å²) in [6, 6.07) is 0. The maximum atomic E-state index is 4.93. The van der Waals surface area contributed by atoms with E-state index < -0.39 is 28.9 Å². The fourth-order valence-electron chi connectivity index (χ4n) is 9.57. The van der Waals surface area contributed by atoms with E-state index in [0.717, 1.165) is 58.4 Å². The zero-order valence-corrected chi connectivity index (χ0v) is 28.3. The molecule has 0 radical (unpaired) electrons. The number of rotatable bonds is 5. The molecule has 0 heterocycles. The van der Waals surface area contributed by atoms with Gasteiger partial charge in [-0.2, -0.15) is 0 Å². The van der Waals surface area contributed by atoms with E-state index in [-0.39, 0.29) is 14.9 Å². The molecule has 4 rings (SSSR count). The van der Waals surface area contributed by atoms with E-state index in [1.807, 2.05) is 0 Å². The Morgan fingerprint density at radius 2 is 1.18 bits per heavy atom. The van der Waals surface area contributed by atoms with Gasteiger partial charge in [0, 0.05) is 0 Å². The molecule has 4 aliphatic carbocycles. The van der Waals surface area contributed by atoms with E-state index in [2.05, 4.69) is 40.8 Å². The van der Waals surface area contributed by atoms with E-state index in [9.17, 15) is 0 Å². The summed E-state index contributed by atoms with van der Waals surface area (Å²) in [5.41, 5.74) is 2.30. The Kier molecular flexibility index (Phi) is 14.4. The topological polar surface area (TPSA) is 0 Å². The molecule has 0 spiro atoms. The van der Waals surface area contributed by atoms with Gasteiger partial charge < -0.3 is 14.9 Å². The summed E-state index contributed by atoms with van der Waals surface area (Å²) >= 11 is -0.826. The summed E-state index contributed by atoms with van der Waals surface area (Å²) in [5.74, 6) is 8.37. The zero-order valence-electron chi connectivity index (χ0n) is 23.3. The van der Waals surface area contributed by atoms with E-state index in [1.165, 1.54) is 19.3 Å². The maximum absolute atomic E-state index is 4.93. The molecule has 0 bridgehead atoms. The quantitative estimate of drug-likeness (QED) is 0.219. The first-order chi connectivity index (χ1) is 14.7. The second kappa shape index (κ2) is 14.6. The first-order valence-corrected chi connectivity index (χ1v) is 23.2. The van der Waals surface area contributed by atoms with Gasteiger partial charge in [-0.1, -0.05) is 79.3 Å². The molecule has 0 nitrogen and oxygen atoms in total. The van der Waals surface area contributed by atoms with Crippen molar-refractivity contribution in [1.29, 1.82) is 0 Å². The van der Waals surface area contributed by atoms with E-state index in [4.69, 9.17) is 17.0 Å². The molecule has 0 aromatic heterocycles. The second-order valence-electron chi connectivity index (χ2n) is 13.0. The third-order valence-electron chi connectivity index (χ3n) is 10.7. The molecule has 0 N–H and O–H groups in total. The van der Waals surface area contributed by atoms with Crippen LogP contribution >= 0.6 is 17.0 Å². The van der Waals surface area contributed by atoms with Crippen LogP contribution in [0.4, 0.5) is 0 Å². The first kappa shape index (κ1) is 32.7. The van der Waals surface area contributed by atoms with Crippen LogP contribution in [0.2, 0.25) is 24.2 Å². The van der Waals surface area contributed by atoms with Crippen molar-refractivity contribution in [1.82, 2.24) is 0 Å². The molecule has 0 amide bonds. The van der Waals surface area contributed by atoms with Crippen LogP contribution in [0, 0.1) is 62.2 Å². The Balaban J connectivity index is 0.00000103. The number of hydrogen-bond acceptors (Lipinski definition) is 0. The van der Waals surface area contributed by atoms with Crippen LogP contribution in [0.3, 0.4) is 0 Å². The third-order valence-corrected chi connectivity index (χ3v) is 15.9. The number of halogens is 2.